The van der Waals surface area contributed by atoms with Gasteiger partial charge in [-0.1, -0.05) is 42.5 Å². The zero-order chi connectivity index (χ0) is 19.5. The molecule has 1 amide bonds. The van der Waals surface area contributed by atoms with Crippen LogP contribution < -0.4 is 10.7 Å². The van der Waals surface area contributed by atoms with Gasteiger partial charge in [0, 0.05) is 11.8 Å². The second-order valence-corrected chi connectivity index (χ2v) is 6.38. The molecule has 0 aliphatic carbocycles. The molecule has 4 nitrogen and oxygen atoms in total. The summed E-state index contributed by atoms with van der Waals surface area (Å²) in [6.07, 6.45) is 0.236. The maximum atomic E-state index is 14.0. The van der Waals surface area contributed by atoms with Crippen molar-refractivity contribution in [2.75, 3.05) is 5.32 Å². The van der Waals surface area contributed by atoms with E-state index in [1.54, 1.807) is 36.4 Å². The van der Waals surface area contributed by atoms with E-state index in [1.165, 1.54) is 12.1 Å². The van der Waals surface area contributed by atoms with Crippen molar-refractivity contribution in [2.45, 2.75) is 6.42 Å². The molecule has 0 fully saturated rings. The lowest BCUT2D eigenvalue weighted by Crippen LogP contribution is -2.14. The molecule has 5 heteroatoms. The maximum absolute atomic E-state index is 14.0. The van der Waals surface area contributed by atoms with Crippen molar-refractivity contribution < 1.29 is 13.6 Å². The number of rotatable bonds is 4. The highest BCUT2D eigenvalue weighted by Crippen LogP contribution is 2.25. The number of nitrogens with one attached hydrogen (secondary N) is 1. The number of hydrogen-bond donors (Lipinski definition) is 1. The van der Waals surface area contributed by atoms with E-state index in [4.69, 9.17) is 4.42 Å². The molecule has 0 spiro atoms. The van der Waals surface area contributed by atoms with Crippen molar-refractivity contribution in [3.05, 3.63) is 100 Å². The Bertz CT molecular complexity index is 1220. The van der Waals surface area contributed by atoms with Crippen LogP contribution in [0.4, 0.5) is 10.1 Å². The summed E-state index contributed by atoms with van der Waals surface area (Å²) in [7, 11) is 0. The molecule has 0 saturated carbocycles. The first-order valence-electron chi connectivity index (χ1n) is 8.77. The fraction of sp³-hybridized carbons (Fsp3) is 0.0435. The summed E-state index contributed by atoms with van der Waals surface area (Å²) in [6, 6.07) is 21.6. The number of carbonyl (C=O) groups is 1. The highest BCUT2D eigenvalue weighted by atomic mass is 19.1. The van der Waals surface area contributed by atoms with Gasteiger partial charge < -0.3 is 9.73 Å². The van der Waals surface area contributed by atoms with Gasteiger partial charge in [-0.15, -0.1) is 0 Å². The van der Waals surface area contributed by atoms with Crippen molar-refractivity contribution in [3.63, 3.8) is 0 Å². The van der Waals surface area contributed by atoms with Gasteiger partial charge in [0.05, 0.1) is 17.4 Å². The van der Waals surface area contributed by atoms with Crippen LogP contribution >= 0.6 is 0 Å². The maximum Gasteiger partial charge on any atom is 0.228 e. The summed E-state index contributed by atoms with van der Waals surface area (Å²) in [5.41, 5.74) is 1.64. The second-order valence-electron chi connectivity index (χ2n) is 6.38. The average Bonchev–Trinajstić information content (AvgIpc) is 2.69. The SMILES string of the molecule is O=C(Cc1ccccc1)Nc1ccc2oc(-c3ccccc3F)cc(=O)c2c1. The zero-order valence-electron chi connectivity index (χ0n) is 14.8. The van der Waals surface area contributed by atoms with E-state index in [0.717, 1.165) is 5.56 Å². The highest BCUT2D eigenvalue weighted by Gasteiger charge is 2.12. The van der Waals surface area contributed by atoms with Crippen LogP contribution in [0.5, 0.6) is 0 Å². The molecule has 0 aliphatic heterocycles. The van der Waals surface area contributed by atoms with Crippen molar-refractivity contribution >= 4 is 22.6 Å². The molecule has 4 aromatic rings. The zero-order valence-corrected chi connectivity index (χ0v) is 14.8. The van der Waals surface area contributed by atoms with Crippen LogP contribution in [0.2, 0.25) is 0 Å². The Morgan fingerprint density at radius 2 is 1.68 bits per heavy atom. The lowest BCUT2D eigenvalue weighted by Gasteiger charge is -2.08. The van der Waals surface area contributed by atoms with E-state index in [9.17, 15) is 14.0 Å². The van der Waals surface area contributed by atoms with E-state index >= 15 is 0 Å². The van der Waals surface area contributed by atoms with Crippen molar-refractivity contribution in [1.82, 2.24) is 0 Å². The summed E-state index contributed by atoms with van der Waals surface area (Å²) in [6.45, 7) is 0. The first-order chi connectivity index (χ1) is 13.6. The van der Waals surface area contributed by atoms with Crippen LogP contribution in [0.1, 0.15) is 5.56 Å². The van der Waals surface area contributed by atoms with Crippen LogP contribution in [-0.4, -0.2) is 5.91 Å². The van der Waals surface area contributed by atoms with E-state index in [0.29, 0.717) is 16.7 Å². The fourth-order valence-corrected chi connectivity index (χ4v) is 3.01. The molecule has 0 atom stereocenters. The Kier molecular flexibility index (Phi) is 4.72. The number of halogens is 1. The Hall–Kier alpha value is -3.73. The van der Waals surface area contributed by atoms with E-state index < -0.39 is 5.82 Å². The van der Waals surface area contributed by atoms with Gasteiger partial charge in [-0.3, -0.25) is 9.59 Å². The van der Waals surface area contributed by atoms with Crippen LogP contribution in [-0.2, 0) is 11.2 Å². The van der Waals surface area contributed by atoms with E-state index in [1.807, 2.05) is 30.3 Å². The predicted molar refractivity (Wildman–Crippen MR) is 107 cm³/mol. The molecule has 1 aromatic heterocycles. The van der Waals surface area contributed by atoms with Gasteiger partial charge in [0.2, 0.25) is 5.91 Å². The topological polar surface area (TPSA) is 59.3 Å². The largest absolute Gasteiger partial charge is 0.456 e. The summed E-state index contributed by atoms with van der Waals surface area (Å²) < 4.78 is 19.7. The lowest BCUT2D eigenvalue weighted by molar-refractivity contribution is -0.115. The predicted octanol–water partition coefficient (Wildman–Crippen LogP) is 4.78. The molecule has 138 valence electrons. The number of hydrogen-bond acceptors (Lipinski definition) is 3. The Morgan fingerprint density at radius 1 is 0.929 bits per heavy atom. The van der Waals surface area contributed by atoms with Crippen molar-refractivity contribution in [3.8, 4) is 11.3 Å². The van der Waals surface area contributed by atoms with Gasteiger partial charge in [0.1, 0.15) is 17.2 Å². The Morgan fingerprint density at radius 3 is 2.46 bits per heavy atom. The Labute approximate surface area is 160 Å². The Balaban J connectivity index is 1.62. The monoisotopic (exact) mass is 373 g/mol. The molecule has 3 aromatic carbocycles. The number of carbonyl (C=O) groups excluding carboxylic acids is 1. The molecule has 1 N–H and O–H groups in total. The molecule has 4 rings (SSSR count). The fourth-order valence-electron chi connectivity index (χ4n) is 3.01. The summed E-state index contributed by atoms with van der Waals surface area (Å²) in [5.74, 6) is -0.482. The molecule has 0 aliphatic rings. The molecule has 1 heterocycles. The average molecular weight is 373 g/mol. The first-order valence-corrected chi connectivity index (χ1v) is 8.77. The smallest absolute Gasteiger partial charge is 0.228 e. The normalized spacial score (nSPS) is 10.8. The minimum absolute atomic E-state index is 0.163. The minimum Gasteiger partial charge on any atom is -0.456 e. The molecule has 0 bridgehead atoms. The summed E-state index contributed by atoms with van der Waals surface area (Å²) in [5, 5.41) is 3.10. The molecule has 0 unspecified atom stereocenters. The summed E-state index contributed by atoms with van der Waals surface area (Å²) >= 11 is 0. The quantitative estimate of drug-likeness (QED) is 0.560. The minimum atomic E-state index is -0.463. The van der Waals surface area contributed by atoms with Gasteiger partial charge in [-0.25, -0.2) is 4.39 Å². The highest BCUT2D eigenvalue weighted by molar-refractivity contribution is 5.94. The second kappa shape index (κ2) is 7.48. The van der Waals surface area contributed by atoms with Crippen LogP contribution in [0, 0.1) is 5.82 Å². The number of amides is 1. The third kappa shape index (κ3) is 3.69. The molecule has 0 radical (unpaired) electrons. The molecule has 28 heavy (non-hydrogen) atoms. The molecular formula is C23H16FNO3. The van der Waals surface area contributed by atoms with Gasteiger partial charge in [-0.05, 0) is 35.9 Å². The third-order valence-corrected chi connectivity index (χ3v) is 4.36. The number of fused-ring (bicyclic) bond motifs is 1. The standard InChI is InChI=1S/C23H16FNO3/c24-19-9-5-4-8-17(19)22-14-20(26)18-13-16(10-11-21(18)28-22)25-23(27)12-15-6-2-1-3-7-15/h1-11,13-14H,12H2,(H,25,27). The van der Waals surface area contributed by atoms with Gasteiger partial charge in [0.15, 0.2) is 5.43 Å². The van der Waals surface area contributed by atoms with Crippen LogP contribution in [0.25, 0.3) is 22.3 Å². The van der Waals surface area contributed by atoms with Crippen molar-refractivity contribution in [1.29, 1.82) is 0 Å². The van der Waals surface area contributed by atoms with Gasteiger partial charge >= 0.3 is 0 Å². The van der Waals surface area contributed by atoms with E-state index in [-0.39, 0.29) is 29.1 Å². The first kappa shape index (κ1) is 17.7. The van der Waals surface area contributed by atoms with Crippen LogP contribution in [0.15, 0.2) is 88.1 Å². The molecular weight excluding hydrogens is 357 g/mol. The van der Waals surface area contributed by atoms with E-state index in [2.05, 4.69) is 5.32 Å². The van der Waals surface area contributed by atoms with Gasteiger partial charge in [-0.2, -0.15) is 0 Å². The molecule has 0 saturated heterocycles. The summed E-state index contributed by atoms with van der Waals surface area (Å²) in [4.78, 5) is 24.7. The van der Waals surface area contributed by atoms with Crippen molar-refractivity contribution in [2.24, 2.45) is 0 Å². The third-order valence-electron chi connectivity index (χ3n) is 4.36. The van der Waals surface area contributed by atoms with Gasteiger partial charge in [0.25, 0.3) is 0 Å². The van der Waals surface area contributed by atoms with Crippen LogP contribution in [0.3, 0.4) is 0 Å². The number of anilines is 1. The lowest BCUT2D eigenvalue weighted by atomic mass is 10.1. The number of benzene rings is 3.